The molecule has 39 heavy (non-hydrogen) atoms. The molecule has 0 radical (unpaired) electrons. The lowest BCUT2D eigenvalue weighted by molar-refractivity contribution is 0.0607. The number of pyridine rings is 2. The lowest BCUT2D eigenvalue weighted by Gasteiger charge is -2.33. The molecule has 6 rings (SSSR count). The van der Waals surface area contributed by atoms with Crippen molar-refractivity contribution < 1.29 is 15.0 Å². The van der Waals surface area contributed by atoms with Crippen molar-refractivity contribution in [2.45, 2.75) is 31.8 Å². The normalized spacial score (nSPS) is 19.0. The van der Waals surface area contributed by atoms with E-state index < -0.39 is 11.6 Å². The summed E-state index contributed by atoms with van der Waals surface area (Å²) in [7, 11) is 0. The van der Waals surface area contributed by atoms with Crippen molar-refractivity contribution >= 4 is 34.6 Å². The van der Waals surface area contributed by atoms with E-state index in [0.717, 1.165) is 77.8 Å². The van der Waals surface area contributed by atoms with Crippen molar-refractivity contribution in [3.63, 3.8) is 0 Å². The van der Waals surface area contributed by atoms with E-state index in [1.807, 2.05) is 37.4 Å². The molecule has 0 saturated carbocycles. The van der Waals surface area contributed by atoms with Crippen molar-refractivity contribution in [1.29, 1.82) is 0 Å². The number of hydrogen-bond acceptors (Lipinski definition) is 9. The second-order valence-electron chi connectivity index (χ2n) is 10.1. The Hall–Kier alpha value is -3.86. The Balaban J connectivity index is 1.27. The number of hydrogen-bond donors (Lipinski definition) is 4. The quantitative estimate of drug-likeness (QED) is 0.282. The fraction of sp³-hybridized carbons (Fsp3) is 0.310. The third kappa shape index (κ3) is 5.10. The first-order valence-electron chi connectivity index (χ1n) is 13.1. The van der Waals surface area contributed by atoms with Crippen molar-refractivity contribution in [3.05, 3.63) is 82.1 Å². The molecule has 200 valence electrons. The predicted molar refractivity (Wildman–Crippen MR) is 152 cm³/mol. The number of nitrogens with zero attached hydrogens (tertiary/aromatic N) is 4. The Kier molecular flexibility index (Phi) is 6.76. The molecule has 0 unspecified atom stereocenters. The Bertz CT molecular complexity index is 1530. The molecule has 4 N–H and O–H groups in total. The van der Waals surface area contributed by atoms with Gasteiger partial charge in [-0.1, -0.05) is 6.07 Å². The Morgan fingerprint density at radius 3 is 2.77 bits per heavy atom. The molecule has 1 fully saturated rings. The van der Waals surface area contributed by atoms with Crippen LogP contribution >= 0.6 is 11.3 Å². The molecule has 1 aliphatic heterocycles. The van der Waals surface area contributed by atoms with Gasteiger partial charge in [-0.2, -0.15) is 0 Å². The predicted octanol–water partition coefficient (Wildman–Crippen LogP) is 4.33. The highest BCUT2D eigenvalue weighted by molar-refractivity contribution is 7.15. The van der Waals surface area contributed by atoms with E-state index >= 15 is 0 Å². The minimum atomic E-state index is -1.26. The number of anilines is 3. The fourth-order valence-corrected chi connectivity index (χ4v) is 6.42. The van der Waals surface area contributed by atoms with Gasteiger partial charge in [0, 0.05) is 50.3 Å². The minimum Gasteiger partial charge on any atom is -0.478 e. The highest BCUT2D eigenvalue weighted by Gasteiger charge is 2.39. The van der Waals surface area contributed by atoms with Gasteiger partial charge in [0.15, 0.2) is 0 Å². The van der Waals surface area contributed by atoms with Crippen LogP contribution in [0.25, 0.3) is 10.6 Å². The monoisotopic (exact) mass is 542 g/mol. The van der Waals surface area contributed by atoms with Crippen LogP contribution in [0, 0.1) is 6.92 Å². The zero-order valence-electron chi connectivity index (χ0n) is 21.6. The van der Waals surface area contributed by atoms with Gasteiger partial charge >= 0.3 is 5.97 Å². The van der Waals surface area contributed by atoms with Crippen LogP contribution in [0.1, 0.15) is 44.9 Å². The molecule has 0 bridgehead atoms. The van der Waals surface area contributed by atoms with Gasteiger partial charge in [0.1, 0.15) is 22.2 Å². The summed E-state index contributed by atoms with van der Waals surface area (Å²) in [4.78, 5) is 28.6. The van der Waals surface area contributed by atoms with Gasteiger partial charge in [-0.3, -0.25) is 0 Å². The first-order chi connectivity index (χ1) is 18.9. The summed E-state index contributed by atoms with van der Waals surface area (Å²) < 4.78 is 0. The van der Waals surface area contributed by atoms with Gasteiger partial charge in [0.25, 0.3) is 0 Å². The van der Waals surface area contributed by atoms with Crippen LogP contribution in [0.3, 0.4) is 0 Å². The average Bonchev–Trinajstić information content (AvgIpc) is 3.45. The number of aromatic carboxylic acids is 1. The van der Waals surface area contributed by atoms with Gasteiger partial charge in [0.05, 0.1) is 16.1 Å². The second kappa shape index (κ2) is 10.4. The highest BCUT2D eigenvalue weighted by atomic mass is 32.1. The van der Waals surface area contributed by atoms with Crippen LogP contribution in [-0.4, -0.2) is 57.3 Å². The number of benzene rings is 1. The van der Waals surface area contributed by atoms with E-state index in [-0.39, 0.29) is 5.56 Å². The van der Waals surface area contributed by atoms with Gasteiger partial charge in [0.2, 0.25) is 0 Å². The summed E-state index contributed by atoms with van der Waals surface area (Å²) in [5, 5.41) is 28.5. The molecule has 2 aliphatic rings. The third-order valence-electron chi connectivity index (χ3n) is 7.35. The van der Waals surface area contributed by atoms with Crippen molar-refractivity contribution in [3.8, 4) is 10.6 Å². The summed E-state index contributed by atoms with van der Waals surface area (Å²) in [6.45, 7) is 5.88. The van der Waals surface area contributed by atoms with Crippen molar-refractivity contribution in [2.24, 2.45) is 0 Å². The van der Waals surface area contributed by atoms with Crippen LogP contribution in [0.15, 0.2) is 54.9 Å². The number of thiazole rings is 1. The number of piperazine rings is 1. The van der Waals surface area contributed by atoms with E-state index in [1.165, 1.54) is 11.3 Å². The fourth-order valence-electron chi connectivity index (χ4n) is 5.41. The standard InChI is InChI=1S/C29H30N6O3S/c1-18-13-23(33-26(14-18)34-25-16-21(6-8-31-25)35-11-9-30-10-12-35)24-17-32-28(39-24)29(38)7-2-3-19-15-20(27(36)37)4-5-22(19)29/h4-6,8,13-17,30,38H,2-3,7,9-12H2,1H3,(H,36,37)(H,31,33,34)/t29-/m0/s1. The number of fused-ring (bicyclic) bond motifs is 1. The smallest absolute Gasteiger partial charge is 0.335 e. The highest BCUT2D eigenvalue weighted by Crippen LogP contribution is 2.43. The van der Waals surface area contributed by atoms with E-state index in [4.69, 9.17) is 4.98 Å². The number of carboxylic acids is 1. The number of aromatic nitrogens is 3. The largest absolute Gasteiger partial charge is 0.478 e. The second-order valence-corrected chi connectivity index (χ2v) is 11.1. The molecule has 4 aromatic rings. The van der Waals surface area contributed by atoms with Crippen LogP contribution in [-0.2, 0) is 12.0 Å². The summed E-state index contributed by atoms with van der Waals surface area (Å²) >= 11 is 1.41. The Labute approximate surface area is 230 Å². The summed E-state index contributed by atoms with van der Waals surface area (Å²) in [6, 6.07) is 13.0. The molecular formula is C29H30N6O3S. The number of aliphatic hydroxyl groups is 1. The first kappa shape index (κ1) is 25.4. The van der Waals surface area contributed by atoms with E-state index in [9.17, 15) is 15.0 Å². The molecule has 4 heterocycles. The van der Waals surface area contributed by atoms with Crippen LogP contribution in [0.2, 0.25) is 0 Å². The van der Waals surface area contributed by atoms with Crippen molar-refractivity contribution in [1.82, 2.24) is 20.3 Å². The van der Waals surface area contributed by atoms with Crippen LogP contribution in [0.4, 0.5) is 17.3 Å². The van der Waals surface area contributed by atoms with E-state index in [1.54, 1.807) is 24.4 Å². The molecule has 1 aliphatic carbocycles. The summed E-state index contributed by atoms with van der Waals surface area (Å²) in [6.07, 6.45) is 5.58. The molecule has 1 saturated heterocycles. The molecule has 0 amide bonds. The zero-order valence-corrected chi connectivity index (χ0v) is 22.5. The third-order valence-corrected chi connectivity index (χ3v) is 8.52. The molecular weight excluding hydrogens is 512 g/mol. The molecule has 1 aromatic carbocycles. The topological polar surface area (TPSA) is 124 Å². The van der Waals surface area contributed by atoms with E-state index in [2.05, 4.69) is 25.5 Å². The van der Waals surface area contributed by atoms with Crippen molar-refractivity contribution in [2.75, 3.05) is 36.4 Å². The zero-order chi connectivity index (χ0) is 27.0. The Morgan fingerprint density at radius 2 is 1.95 bits per heavy atom. The Morgan fingerprint density at radius 1 is 1.10 bits per heavy atom. The maximum absolute atomic E-state index is 11.8. The number of aryl methyl sites for hydroxylation is 2. The minimum absolute atomic E-state index is 0.231. The molecule has 1 atom stereocenters. The van der Waals surface area contributed by atoms with Crippen LogP contribution in [0.5, 0.6) is 0 Å². The summed E-state index contributed by atoms with van der Waals surface area (Å²) in [5.41, 5.74) is 3.50. The average molecular weight is 543 g/mol. The molecule has 0 spiro atoms. The van der Waals surface area contributed by atoms with Crippen LogP contribution < -0.4 is 15.5 Å². The molecule has 9 nitrogen and oxygen atoms in total. The number of nitrogens with one attached hydrogen (secondary N) is 2. The lowest BCUT2D eigenvalue weighted by Crippen LogP contribution is -2.43. The SMILES string of the molecule is Cc1cc(Nc2cc(N3CCNCC3)ccn2)nc(-c2cnc([C@]3(O)CCCc4cc(C(=O)O)ccc43)s2)c1. The lowest BCUT2D eigenvalue weighted by atomic mass is 9.79. The molecule has 10 heteroatoms. The maximum atomic E-state index is 11.8. The van der Waals surface area contributed by atoms with Gasteiger partial charge in [-0.05, 0) is 73.2 Å². The first-order valence-corrected chi connectivity index (χ1v) is 13.9. The van der Waals surface area contributed by atoms with Gasteiger partial charge in [-0.15, -0.1) is 11.3 Å². The number of rotatable bonds is 6. The number of carbonyl (C=O) groups is 1. The van der Waals surface area contributed by atoms with Gasteiger partial charge in [-0.25, -0.2) is 19.7 Å². The maximum Gasteiger partial charge on any atom is 0.335 e. The van der Waals surface area contributed by atoms with E-state index in [0.29, 0.717) is 17.2 Å². The molecule has 3 aromatic heterocycles. The summed E-state index contributed by atoms with van der Waals surface area (Å²) in [5.74, 6) is 0.450. The number of carboxylic acid groups (broad SMARTS) is 1. The van der Waals surface area contributed by atoms with Gasteiger partial charge < -0.3 is 25.7 Å².